The number of hydrogen-bond donors (Lipinski definition) is 2. The Balaban J connectivity index is 1.45. The van der Waals surface area contributed by atoms with E-state index in [4.69, 9.17) is 9.47 Å². The molecule has 1 saturated carbocycles. The van der Waals surface area contributed by atoms with E-state index in [1.165, 1.54) is 6.92 Å². The molecule has 4 amide bonds. The summed E-state index contributed by atoms with van der Waals surface area (Å²) in [6.45, 7) is 1.16. The van der Waals surface area contributed by atoms with Crippen molar-refractivity contribution >= 4 is 23.8 Å². The topological polar surface area (TPSA) is 114 Å². The lowest BCUT2D eigenvalue weighted by molar-refractivity contribution is -0.156. The summed E-state index contributed by atoms with van der Waals surface area (Å²) in [6.07, 6.45) is 1.11. The molecule has 1 aliphatic carbocycles. The Labute approximate surface area is 161 Å². The van der Waals surface area contributed by atoms with Crippen LogP contribution in [0.2, 0.25) is 0 Å². The van der Waals surface area contributed by atoms with E-state index in [0.29, 0.717) is 11.3 Å². The van der Waals surface area contributed by atoms with Crippen molar-refractivity contribution in [1.29, 1.82) is 0 Å². The highest BCUT2D eigenvalue weighted by Crippen LogP contribution is 2.40. The van der Waals surface area contributed by atoms with Gasteiger partial charge in [0.1, 0.15) is 12.3 Å². The first kappa shape index (κ1) is 18.3. The number of nitrogens with one attached hydrogen (secondary N) is 2. The predicted molar refractivity (Wildman–Crippen MR) is 95.2 cm³/mol. The number of ether oxygens (including phenoxy) is 2. The quantitative estimate of drug-likeness (QED) is 0.559. The van der Waals surface area contributed by atoms with Gasteiger partial charge in [-0.15, -0.1) is 0 Å². The third-order valence-corrected chi connectivity index (χ3v) is 5.15. The van der Waals surface area contributed by atoms with E-state index in [1.54, 1.807) is 24.3 Å². The van der Waals surface area contributed by atoms with Gasteiger partial charge in [-0.25, -0.2) is 4.79 Å². The molecule has 2 N–H and O–H groups in total. The normalized spacial score (nSPS) is 24.2. The van der Waals surface area contributed by atoms with E-state index in [-0.39, 0.29) is 25.0 Å². The Bertz CT molecular complexity index is 852. The van der Waals surface area contributed by atoms with Gasteiger partial charge >= 0.3 is 12.0 Å². The standard InChI is InChI=1S/C19H21N3O6/c1-11(16(24)20-12-6-7-12)28-15(23)10-22-17(25)19(21-18(22)26)8-9-27-14-5-3-2-4-13(14)19/h2-5,11-12H,6-10H2,1H3,(H,20,24)(H,21,26)/t11-,19-/m1/s1. The van der Waals surface area contributed by atoms with Crippen molar-refractivity contribution in [2.75, 3.05) is 13.2 Å². The Morgan fingerprint density at radius 1 is 1.36 bits per heavy atom. The minimum Gasteiger partial charge on any atom is -0.493 e. The SMILES string of the molecule is C[C@@H](OC(=O)CN1C(=O)N[C@@]2(CCOc3ccccc32)C1=O)C(=O)NC1CC1. The van der Waals surface area contributed by atoms with Gasteiger partial charge in [-0.05, 0) is 25.8 Å². The van der Waals surface area contributed by atoms with Gasteiger partial charge in [0, 0.05) is 18.0 Å². The van der Waals surface area contributed by atoms with Crippen LogP contribution in [0.4, 0.5) is 4.79 Å². The Kier molecular flexibility index (Phi) is 4.44. The van der Waals surface area contributed by atoms with Crippen molar-refractivity contribution < 1.29 is 28.7 Å². The van der Waals surface area contributed by atoms with Crippen LogP contribution in [-0.4, -0.2) is 54.0 Å². The summed E-state index contributed by atoms with van der Waals surface area (Å²) >= 11 is 0. The van der Waals surface area contributed by atoms with E-state index in [1.807, 2.05) is 0 Å². The average Bonchev–Trinajstić information content (AvgIpc) is 3.45. The number of imide groups is 1. The zero-order valence-electron chi connectivity index (χ0n) is 15.4. The second kappa shape index (κ2) is 6.81. The molecule has 28 heavy (non-hydrogen) atoms. The molecule has 148 valence electrons. The highest BCUT2D eigenvalue weighted by Gasteiger charge is 2.55. The van der Waals surface area contributed by atoms with Gasteiger partial charge in [0.15, 0.2) is 11.6 Å². The number of urea groups is 1. The maximum Gasteiger partial charge on any atom is 0.327 e. The summed E-state index contributed by atoms with van der Waals surface area (Å²) in [5, 5.41) is 5.45. The molecule has 2 heterocycles. The fourth-order valence-electron chi connectivity index (χ4n) is 3.48. The molecule has 1 aromatic carbocycles. The lowest BCUT2D eigenvalue weighted by atomic mass is 9.84. The van der Waals surface area contributed by atoms with Crippen LogP contribution in [0, 0.1) is 0 Å². The highest BCUT2D eigenvalue weighted by molar-refractivity contribution is 6.09. The Hall–Kier alpha value is -3.10. The predicted octanol–water partition coefficient (Wildman–Crippen LogP) is 0.426. The maximum atomic E-state index is 13.1. The summed E-state index contributed by atoms with van der Waals surface area (Å²) in [5.41, 5.74) is -0.686. The largest absolute Gasteiger partial charge is 0.493 e. The zero-order chi connectivity index (χ0) is 19.9. The van der Waals surface area contributed by atoms with E-state index in [0.717, 1.165) is 17.7 Å². The third-order valence-electron chi connectivity index (χ3n) is 5.15. The first-order valence-corrected chi connectivity index (χ1v) is 9.27. The van der Waals surface area contributed by atoms with Crippen molar-refractivity contribution in [3.05, 3.63) is 29.8 Å². The smallest absolute Gasteiger partial charge is 0.327 e. The van der Waals surface area contributed by atoms with Gasteiger partial charge in [-0.3, -0.25) is 19.3 Å². The maximum absolute atomic E-state index is 13.1. The third kappa shape index (κ3) is 3.17. The molecule has 1 saturated heterocycles. The fourth-order valence-corrected chi connectivity index (χ4v) is 3.48. The van der Waals surface area contributed by atoms with Crippen LogP contribution in [0.5, 0.6) is 5.75 Å². The van der Waals surface area contributed by atoms with Crippen molar-refractivity contribution in [2.45, 2.75) is 43.9 Å². The molecule has 4 rings (SSSR count). The molecule has 0 aromatic heterocycles. The van der Waals surface area contributed by atoms with Gasteiger partial charge < -0.3 is 20.1 Å². The summed E-state index contributed by atoms with van der Waals surface area (Å²) in [5.74, 6) is -1.21. The summed E-state index contributed by atoms with van der Waals surface area (Å²) in [6, 6.07) is 6.46. The van der Waals surface area contributed by atoms with Crippen molar-refractivity contribution in [1.82, 2.24) is 15.5 Å². The van der Waals surface area contributed by atoms with Crippen molar-refractivity contribution in [2.24, 2.45) is 0 Å². The van der Waals surface area contributed by atoms with Crippen molar-refractivity contribution in [3.63, 3.8) is 0 Å². The number of para-hydroxylation sites is 1. The lowest BCUT2D eigenvalue weighted by Gasteiger charge is -2.33. The lowest BCUT2D eigenvalue weighted by Crippen LogP contribution is -2.48. The number of esters is 1. The van der Waals surface area contributed by atoms with Crippen LogP contribution in [0.1, 0.15) is 31.7 Å². The molecule has 2 aliphatic heterocycles. The minimum atomic E-state index is -1.25. The van der Waals surface area contributed by atoms with E-state index in [9.17, 15) is 19.2 Å². The van der Waals surface area contributed by atoms with E-state index in [2.05, 4.69) is 10.6 Å². The van der Waals surface area contributed by atoms with Crippen molar-refractivity contribution in [3.8, 4) is 5.75 Å². The van der Waals surface area contributed by atoms with E-state index >= 15 is 0 Å². The number of benzene rings is 1. The highest BCUT2D eigenvalue weighted by atomic mass is 16.5. The van der Waals surface area contributed by atoms with Gasteiger partial charge in [0.2, 0.25) is 0 Å². The van der Waals surface area contributed by atoms with Gasteiger partial charge in [-0.1, -0.05) is 18.2 Å². The number of carbonyl (C=O) groups is 4. The molecular weight excluding hydrogens is 366 g/mol. The van der Waals surface area contributed by atoms with E-state index < -0.39 is 36.1 Å². The molecular formula is C19H21N3O6. The molecule has 9 nitrogen and oxygen atoms in total. The first-order chi connectivity index (χ1) is 13.4. The minimum absolute atomic E-state index is 0.146. The molecule has 1 aromatic rings. The molecule has 0 unspecified atom stereocenters. The molecule has 2 atom stereocenters. The number of rotatable bonds is 5. The Morgan fingerprint density at radius 3 is 2.86 bits per heavy atom. The molecule has 1 spiro atoms. The zero-order valence-corrected chi connectivity index (χ0v) is 15.4. The number of amides is 4. The van der Waals surface area contributed by atoms with Gasteiger partial charge in [-0.2, -0.15) is 0 Å². The number of hydrogen-bond acceptors (Lipinski definition) is 6. The van der Waals surface area contributed by atoms with Crippen LogP contribution in [0.3, 0.4) is 0 Å². The van der Waals surface area contributed by atoms with Gasteiger partial charge in [0.05, 0.1) is 6.61 Å². The fraction of sp³-hybridized carbons (Fsp3) is 0.474. The molecule has 0 bridgehead atoms. The molecule has 2 fully saturated rings. The molecule has 0 radical (unpaired) electrons. The second-order valence-electron chi connectivity index (χ2n) is 7.24. The summed E-state index contributed by atoms with van der Waals surface area (Å²) < 4.78 is 10.7. The number of nitrogens with zero attached hydrogens (tertiary/aromatic N) is 1. The molecule has 9 heteroatoms. The van der Waals surface area contributed by atoms with Crippen LogP contribution in [-0.2, 0) is 24.7 Å². The monoisotopic (exact) mass is 387 g/mol. The summed E-state index contributed by atoms with van der Waals surface area (Å²) in [7, 11) is 0. The molecule has 3 aliphatic rings. The second-order valence-corrected chi connectivity index (χ2v) is 7.24. The number of fused-ring (bicyclic) bond motifs is 2. The summed E-state index contributed by atoms with van der Waals surface area (Å²) in [4.78, 5) is 50.5. The number of carbonyl (C=O) groups excluding carboxylic acids is 4. The van der Waals surface area contributed by atoms with Gasteiger partial charge in [0.25, 0.3) is 11.8 Å². The van der Waals surface area contributed by atoms with Crippen LogP contribution in [0.25, 0.3) is 0 Å². The van der Waals surface area contributed by atoms with Crippen LogP contribution in [0.15, 0.2) is 24.3 Å². The van der Waals surface area contributed by atoms with Crippen LogP contribution >= 0.6 is 0 Å². The first-order valence-electron chi connectivity index (χ1n) is 9.27. The Morgan fingerprint density at radius 2 is 2.11 bits per heavy atom. The average molecular weight is 387 g/mol. The van der Waals surface area contributed by atoms with Crippen LogP contribution < -0.4 is 15.4 Å².